The number of benzene rings is 2. The molecule has 0 aliphatic heterocycles. The van der Waals surface area contributed by atoms with Crippen molar-refractivity contribution >= 4 is 23.8 Å². The van der Waals surface area contributed by atoms with Gasteiger partial charge in [-0.05, 0) is 49.1 Å². The van der Waals surface area contributed by atoms with Gasteiger partial charge in [0, 0.05) is 35.9 Å². The largest absolute Gasteiger partial charge is 0.303 e. The minimum atomic E-state index is 0.587. The first-order valence-electron chi connectivity index (χ1n) is 9.63. The molecule has 0 aliphatic carbocycles. The lowest BCUT2D eigenvalue weighted by molar-refractivity contribution is 0.244. The Bertz CT molecular complexity index is 1180. The summed E-state index contributed by atoms with van der Waals surface area (Å²) in [6, 6.07) is 17.9. The fourth-order valence-electron chi connectivity index (χ4n) is 3.37. The van der Waals surface area contributed by atoms with E-state index in [0.29, 0.717) is 16.5 Å². The zero-order chi connectivity index (χ0) is 21.1. The summed E-state index contributed by atoms with van der Waals surface area (Å²) >= 11 is 11.6. The molecule has 0 saturated heterocycles. The summed E-state index contributed by atoms with van der Waals surface area (Å²) in [5, 5.41) is 9.91. The lowest BCUT2D eigenvalue weighted by Crippen LogP contribution is -2.22. The highest BCUT2D eigenvalue weighted by molar-refractivity contribution is 7.71. The van der Waals surface area contributed by atoms with E-state index in [1.165, 1.54) is 5.56 Å². The van der Waals surface area contributed by atoms with Crippen LogP contribution in [0.15, 0.2) is 67.0 Å². The van der Waals surface area contributed by atoms with E-state index in [2.05, 4.69) is 28.3 Å². The summed E-state index contributed by atoms with van der Waals surface area (Å²) in [5.74, 6) is 0.820. The Morgan fingerprint density at radius 1 is 1.03 bits per heavy atom. The van der Waals surface area contributed by atoms with Crippen LogP contribution < -0.4 is 0 Å². The van der Waals surface area contributed by atoms with Gasteiger partial charge in [0.05, 0.1) is 19.4 Å². The summed E-state index contributed by atoms with van der Waals surface area (Å²) in [6.07, 6.45) is 4.00. The molecule has 2 aromatic heterocycles. The molecule has 0 fully saturated rings. The van der Waals surface area contributed by atoms with Gasteiger partial charge in [-0.15, -0.1) is 0 Å². The molecule has 30 heavy (non-hydrogen) atoms. The van der Waals surface area contributed by atoms with Crippen LogP contribution in [0.3, 0.4) is 0 Å². The van der Waals surface area contributed by atoms with Gasteiger partial charge in [0.2, 0.25) is 0 Å². The predicted octanol–water partition coefficient (Wildman–Crippen LogP) is 4.61. The van der Waals surface area contributed by atoms with E-state index in [4.69, 9.17) is 28.9 Å². The van der Waals surface area contributed by atoms with Crippen LogP contribution in [0.4, 0.5) is 0 Å². The van der Waals surface area contributed by atoms with Gasteiger partial charge in [0.25, 0.3) is 0 Å². The highest BCUT2D eigenvalue weighted by atomic mass is 35.5. The molecule has 0 saturated carbocycles. The molecule has 4 aromatic rings. The highest BCUT2D eigenvalue weighted by Crippen LogP contribution is 2.20. The molecule has 0 aliphatic rings. The van der Waals surface area contributed by atoms with E-state index >= 15 is 0 Å². The maximum absolute atomic E-state index is 6.00. The van der Waals surface area contributed by atoms with Crippen molar-refractivity contribution in [2.45, 2.75) is 19.8 Å². The van der Waals surface area contributed by atoms with Crippen molar-refractivity contribution in [2.24, 2.45) is 7.05 Å². The first-order chi connectivity index (χ1) is 14.5. The molecule has 0 bridgehead atoms. The molecule has 154 valence electrons. The minimum Gasteiger partial charge on any atom is -0.303 e. The second-order valence-electron chi connectivity index (χ2n) is 7.36. The van der Waals surface area contributed by atoms with E-state index in [9.17, 15) is 0 Å². The van der Waals surface area contributed by atoms with Crippen LogP contribution in [0.5, 0.6) is 0 Å². The average molecular weight is 439 g/mol. The number of nitrogens with zero attached hydrogens (tertiary/aromatic N) is 6. The van der Waals surface area contributed by atoms with Gasteiger partial charge in [0.1, 0.15) is 0 Å². The quantitative estimate of drug-likeness (QED) is 0.395. The first-order valence-corrected chi connectivity index (χ1v) is 10.4. The monoisotopic (exact) mass is 438 g/mol. The lowest BCUT2D eigenvalue weighted by Gasteiger charge is -2.15. The van der Waals surface area contributed by atoms with Gasteiger partial charge in [-0.25, -0.2) is 4.68 Å². The molecule has 0 spiro atoms. The zero-order valence-electron chi connectivity index (χ0n) is 16.9. The van der Waals surface area contributed by atoms with Crippen LogP contribution in [0.1, 0.15) is 11.1 Å². The Balaban J connectivity index is 1.43. The Hall–Kier alpha value is -2.74. The van der Waals surface area contributed by atoms with E-state index in [-0.39, 0.29) is 0 Å². The van der Waals surface area contributed by atoms with Crippen LogP contribution in [0.2, 0.25) is 5.02 Å². The van der Waals surface area contributed by atoms with Crippen molar-refractivity contribution in [3.8, 4) is 11.4 Å². The number of halogens is 1. The van der Waals surface area contributed by atoms with E-state index in [0.717, 1.165) is 30.0 Å². The Morgan fingerprint density at radius 3 is 2.50 bits per heavy atom. The van der Waals surface area contributed by atoms with E-state index in [1.54, 1.807) is 0 Å². The zero-order valence-corrected chi connectivity index (χ0v) is 18.5. The lowest BCUT2D eigenvalue weighted by atomic mass is 10.2. The van der Waals surface area contributed by atoms with Gasteiger partial charge in [-0.1, -0.05) is 41.9 Å². The fraction of sp³-hybridized carbons (Fsp3) is 0.227. The molecular formula is C22H23ClN6S. The molecule has 0 amide bonds. The molecule has 4 rings (SSSR count). The molecule has 0 unspecified atom stereocenters. The Morgan fingerprint density at radius 2 is 1.77 bits per heavy atom. The van der Waals surface area contributed by atoms with Crippen LogP contribution in [0, 0.1) is 4.77 Å². The summed E-state index contributed by atoms with van der Waals surface area (Å²) in [7, 11) is 3.98. The average Bonchev–Trinajstić information content (AvgIpc) is 3.28. The number of rotatable bonds is 7. The second-order valence-corrected chi connectivity index (χ2v) is 8.16. The van der Waals surface area contributed by atoms with Gasteiger partial charge >= 0.3 is 0 Å². The predicted molar refractivity (Wildman–Crippen MR) is 122 cm³/mol. The normalized spacial score (nSPS) is 11.3. The topological polar surface area (TPSA) is 43.8 Å². The van der Waals surface area contributed by atoms with Gasteiger partial charge in [-0.2, -0.15) is 10.2 Å². The molecule has 0 atom stereocenters. The van der Waals surface area contributed by atoms with Crippen molar-refractivity contribution in [1.82, 2.24) is 29.0 Å². The molecule has 2 heterocycles. The van der Waals surface area contributed by atoms with Gasteiger partial charge < -0.3 is 4.57 Å². The van der Waals surface area contributed by atoms with Crippen LogP contribution in [0.25, 0.3) is 11.4 Å². The molecule has 2 aromatic carbocycles. The third kappa shape index (κ3) is 4.70. The van der Waals surface area contributed by atoms with Crippen molar-refractivity contribution in [1.29, 1.82) is 0 Å². The molecular weight excluding hydrogens is 416 g/mol. The van der Waals surface area contributed by atoms with Gasteiger partial charge in [-0.3, -0.25) is 9.58 Å². The third-order valence-corrected chi connectivity index (χ3v) is 5.58. The van der Waals surface area contributed by atoms with Crippen molar-refractivity contribution in [2.75, 3.05) is 7.05 Å². The smallest absolute Gasteiger partial charge is 0.199 e. The number of aromatic nitrogens is 5. The third-order valence-electron chi connectivity index (χ3n) is 4.85. The Labute approximate surface area is 185 Å². The number of hydrogen-bond donors (Lipinski definition) is 0. The van der Waals surface area contributed by atoms with E-state index in [1.807, 2.05) is 76.7 Å². The second kappa shape index (κ2) is 8.95. The van der Waals surface area contributed by atoms with Crippen LogP contribution in [-0.4, -0.2) is 36.1 Å². The highest BCUT2D eigenvalue weighted by Gasteiger charge is 2.12. The molecule has 0 radical (unpaired) electrons. The standard InChI is InChI=1S/C22H23ClN6S/c1-26(13-18-12-24-28(15-18)14-17-6-4-3-5-7-17)16-29-22(30)27(2)21(25-29)19-8-10-20(23)11-9-19/h3-12,15H,13-14,16H2,1-2H3. The summed E-state index contributed by atoms with van der Waals surface area (Å²) in [4.78, 5) is 2.16. The maximum Gasteiger partial charge on any atom is 0.199 e. The maximum atomic E-state index is 6.00. The SMILES string of the molecule is CN(Cc1cnn(Cc2ccccc2)c1)Cn1nc(-c2ccc(Cl)cc2)n(C)c1=S. The summed E-state index contributed by atoms with van der Waals surface area (Å²) in [6.45, 7) is 2.11. The Kier molecular flexibility index (Phi) is 6.13. The van der Waals surface area contributed by atoms with Crippen molar-refractivity contribution in [3.05, 3.63) is 87.9 Å². The first kappa shape index (κ1) is 20.5. The summed E-state index contributed by atoms with van der Waals surface area (Å²) in [5.41, 5.74) is 3.36. The fourth-order valence-corrected chi connectivity index (χ4v) is 3.68. The molecule has 0 N–H and O–H groups in total. The van der Waals surface area contributed by atoms with Crippen LogP contribution in [-0.2, 0) is 26.8 Å². The van der Waals surface area contributed by atoms with Crippen molar-refractivity contribution < 1.29 is 0 Å². The van der Waals surface area contributed by atoms with E-state index < -0.39 is 0 Å². The van der Waals surface area contributed by atoms with Crippen LogP contribution >= 0.6 is 23.8 Å². The van der Waals surface area contributed by atoms with Gasteiger partial charge in [0.15, 0.2) is 10.6 Å². The van der Waals surface area contributed by atoms with Crippen molar-refractivity contribution in [3.63, 3.8) is 0 Å². The number of hydrogen-bond acceptors (Lipinski definition) is 4. The molecule has 6 nitrogen and oxygen atoms in total. The minimum absolute atomic E-state index is 0.587. The summed E-state index contributed by atoms with van der Waals surface area (Å²) < 4.78 is 6.40. The molecule has 8 heteroatoms.